The molecule has 3 heteroatoms. The Morgan fingerprint density at radius 3 is 2.27 bits per heavy atom. The highest BCUT2D eigenvalue weighted by Crippen LogP contribution is 2.39. The molecule has 0 saturated carbocycles. The van der Waals surface area contributed by atoms with Gasteiger partial charge in [0, 0.05) is 28.3 Å². The highest BCUT2D eigenvalue weighted by molar-refractivity contribution is 6.90. The van der Waals surface area contributed by atoms with Crippen LogP contribution in [-0.2, 0) is 7.05 Å². The van der Waals surface area contributed by atoms with Gasteiger partial charge in [-0.05, 0) is 59.8 Å². The first-order chi connectivity index (χ1) is 15.6. The zero-order valence-electron chi connectivity index (χ0n) is 21.1. The van der Waals surface area contributed by atoms with Crippen LogP contribution in [0.1, 0.15) is 36.5 Å². The van der Waals surface area contributed by atoms with Crippen molar-refractivity contribution in [3.63, 3.8) is 0 Å². The summed E-state index contributed by atoms with van der Waals surface area (Å²) in [4.78, 5) is 0. The fraction of sp³-hybridized carbons (Fsp3) is 0.300. The number of nitrogens with zero attached hydrogens (tertiary/aromatic N) is 1. The predicted molar refractivity (Wildman–Crippen MR) is 144 cm³/mol. The van der Waals surface area contributed by atoms with Gasteiger partial charge in [0.25, 0.3) is 0 Å². The van der Waals surface area contributed by atoms with Gasteiger partial charge >= 0.3 is 0 Å². The van der Waals surface area contributed by atoms with E-state index >= 15 is 0 Å². The van der Waals surface area contributed by atoms with E-state index in [0.29, 0.717) is 5.92 Å². The zero-order valence-corrected chi connectivity index (χ0v) is 22.1. The molecule has 0 aliphatic rings. The first kappa shape index (κ1) is 21.9. The second-order valence-corrected chi connectivity index (χ2v) is 15.9. The minimum atomic E-state index is -1.60. The average Bonchev–Trinajstić information content (AvgIpc) is 3.12. The van der Waals surface area contributed by atoms with Crippen LogP contribution in [0.4, 0.5) is 0 Å². The molecule has 2 heterocycles. The molecule has 0 radical (unpaired) electrons. The highest BCUT2D eigenvalue weighted by Gasteiger charge is 2.29. The number of benzene rings is 3. The number of pyridine rings is 1. The van der Waals surface area contributed by atoms with Crippen molar-refractivity contribution in [2.75, 3.05) is 0 Å². The van der Waals surface area contributed by atoms with Gasteiger partial charge < -0.3 is 4.42 Å². The maximum atomic E-state index is 6.53. The summed E-state index contributed by atoms with van der Waals surface area (Å²) in [5.41, 5.74) is 9.69. The van der Waals surface area contributed by atoms with Gasteiger partial charge in [-0.3, -0.25) is 0 Å². The first-order valence-corrected chi connectivity index (χ1v) is 15.5. The van der Waals surface area contributed by atoms with E-state index in [-0.39, 0.29) is 0 Å². The predicted octanol–water partition coefficient (Wildman–Crippen LogP) is 7.52. The lowest BCUT2D eigenvalue weighted by molar-refractivity contribution is -0.633. The molecule has 0 aliphatic heterocycles. The van der Waals surface area contributed by atoms with Crippen LogP contribution in [0.15, 0.2) is 59.0 Å². The fourth-order valence-electron chi connectivity index (χ4n) is 5.11. The van der Waals surface area contributed by atoms with Crippen molar-refractivity contribution in [1.29, 1.82) is 0 Å². The van der Waals surface area contributed by atoms with Gasteiger partial charge in [-0.2, -0.15) is 4.57 Å². The molecule has 0 bridgehead atoms. The molecule has 0 spiro atoms. The van der Waals surface area contributed by atoms with Crippen LogP contribution < -0.4 is 9.75 Å². The Morgan fingerprint density at radius 2 is 1.58 bits per heavy atom. The lowest BCUT2D eigenvalue weighted by Gasteiger charge is -2.21. The number of hydrogen-bond donors (Lipinski definition) is 0. The smallest absolute Gasteiger partial charge is 0.216 e. The summed E-state index contributed by atoms with van der Waals surface area (Å²) >= 11 is 0. The molecule has 0 aliphatic carbocycles. The van der Waals surface area contributed by atoms with Crippen LogP contribution in [0.2, 0.25) is 19.6 Å². The van der Waals surface area contributed by atoms with E-state index in [2.05, 4.69) is 114 Å². The van der Waals surface area contributed by atoms with Crippen molar-refractivity contribution in [2.45, 2.75) is 53.3 Å². The van der Waals surface area contributed by atoms with Crippen molar-refractivity contribution < 1.29 is 8.98 Å². The van der Waals surface area contributed by atoms with E-state index in [4.69, 9.17) is 4.42 Å². The van der Waals surface area contributed by atoms with Crippen LogP contribution in [0.25, 0.3) is 44.1 Å². The minimum Gasteiger partial charge on any atom is -0.455 e. The zero-order chi connectivity index (χ0) is 23.7. The van der Waals surface area contributed by atoms with E-state index in [9.17, 15) is 0 Å². The number of para-hydroxylation sites is 1. The Kier molecular flexibility index (Phi) is 5.02. The molecule has 5 rings (SSSR count). The molecule has 0 fully saturated rings. The lowest BCUT2D eigenvalue weighted by atomic mass is 9.95. The van der Waals surface area contributed by atoms with Crippen molar-refractivity contribution in [1.82, 2.24) is 0 Å². The molecular weight excluding hydrogens is 418 g/mol. The Hall–Kier alpha value is -2.91. The third-order valence-corrected chi connectivity index (χ3v) is 9.26. The Labute approximate surface area is 197 Å². The minimum absolute atomic E-state index is 0.496. The van der Waals surface area contributed by atoms with Gasteiger partial charge in [-0.25, -0.2) is 0 Å². The van der Waals surface area contributed by atoms with E-state index < -0.39 is 8.07 Å². The number of furan rings is 1. The number of aryl methyl sites for hydroxylation is 2. The number of aromatic nitrogens is 1. The molecule has 0 amide bonds. The van der Waals surface area contributed by atoms with Crippen molar-refractivity contribution >= 4 is 46.1 Å². The van der Waals surface area contributed by atoms with Gasteiger partial charge in [0.15, 0.2) is 0 Å². The summed E-state index contributed by atoms with van der Waals surface area (Å²) in [6.45, 7) is 16.3. The average molecular weight is 453 g/mol. The van der Waals surface area contributed by atoms with Gasteiger partial charge in [-0.1, -0.05) is 57.8 Å². The summed E-state index contributed by atoms with van der Waals surface area (Å²) in [5, 5.41) is 5.28. The van der Waals surface area contributed by atoms with Gasteiger partial charge in [0.1, 0.15) is 18.2 Å². The van der Waals surface area contributed by atoms with Crippen LogP contribution in [0, 0.1) is 13.8 Å². The molecule has 33 heavy (non-hydrogen) atoms. The molecule has 0 N–H and O–H groups in total. The molecular formula is C30H34NOSi+. The van der Waals surface area contributed by atoms with Crippen molar-refractivity contribution in [2.24, 2.45) is 7.05 Å². The van der Waals surface area contributed by atoms with Crippen molar-refractivity contribution in [3.05, 3.63) is 71.3 Å². The molecule has 0 unspecified atom stereocenters. The fourth-order valence-corrected chi connectivity index (χ4v) is 6.70. The Bertz CT molecular complexity index is 1550. The topological polar surface area (TPSA) is 17.0 Å². The summed E-state index contributed by atoms with van der Waals surface area (Å²) in [6.07, 6.45) is 0. The van der Waals surface area contributed by atoms with Gasteiger partial charge in [-0.15, -0.1) is 0 Å². The monoisotopic (exact) mass is 452 g/mol. The second-order valence-electron chi connectivity index (χ2n) is 10.9. The maximum Gasteiger partial charge on any atom is 0.216 e. The summed E-state index contributed by atoms with van der Waals surface area (Å²) < 4.78 is 8.91. The molecule has 5 aromatic rings. The van der Waals surface area contributed by atoms with Gasteiger partial charge in [0.2, 0.25) is 11.2 Å². The van der Waals surface area contributed by atoms with E-state index in [0.717, 1.165) is 11.2 Å². The molecule has 3 aromatic carbocycles. The third-order valence-electron chi connectivity index (χ3n) is 7.23. The third kappa shape index (κ3) is 3.41. The van der Waals surface area contributed by atoms with Crippen LogP contribution >= 0.6 is 0 Å². The Morgan fingerprint density at radius 1 is 0.848 bits per heavy atom. The quantitative estimate of drug-likeness (QED) is 0.204. The first-order valence-electron chi connectivity index (χ1n) is 12.0. The highest BCUT2D eigenvalue weighted by atomic mass is 28.3. The summed E-state index contributed by atoms with van der Waals surface area (Å²) in [6, 6.07) is 20.2. The number of fused-ring (bicyclic) bond motifs is 4. The van der Waals surface area contributed by atoms with Crippen LogP contribution in [0.5, 0.6) is 0 Å². The molecule has 168 valence electrons. The number of hydrogen-bond acceptors (Lipinski definition) is 1. The normalized spacial score (nSPS) is 12.5. The molecule has 0 atom stereocenters. The molecule has 0 saturated heterocycles. The van der Waals surface area contributed by atoms with E-state index in [1.807, 2.05) is 0 Å². The maximum absolute atomic E-state index is 6.53. The molecule has 2 aromatic heterocycles. The van der Waals surface area contributed by atoms with E-state index in [1.165, 1.54) is 54.8 Å². The summed E-state index contributed by atoms with van der Waals surface area (Å²) in [7, 11) is 0.611. The van der Waals surface area contributed by atoms with Crippen LogP contribution in [0.3, 0.4) is 0 Å². The largest absolute Gasteiger partial charge is 0.455 e. The Balaban J connectivity index is 1.96. The van der Waals surface area contributed by atoms with Gasteiger partial charge in [0.05, 0.1) is 13.6 Å². The van der Waals surface area contributed by atoms with E-state index in [1.54, 1.807) is 0 Å². The van der Waals surface area contributed by atoms with Crippen molar-refractivity contribution in [3.8, 4) is 11.3 Å². The lowest BCUT2D eigenvalue weighted by Crippen LogP contribution is -2.43. The SMILES string of the molecule is Cc1cc2c(oc3ccccc32)c(-c2cc([Si](C)(C)C)c3ccc(C(C)C)cc3[n+]2C)c1C. The summed E-state index contributed by atoms with van der Waals surface area (Å²) in [5.74, 6) is 0.496. The van der Waals surface area contributed by atoms with Crippen LogP contribution in [-0.4, -0.2) is 8.07 Å². The molecule has 2 nitrogen and oxygen atoms in total. The standard InChI is InChI=1S/C30H34NOSi/c1-18(2)21-13-14-23-25(16-21)31(5)26(17-28(23)33(6,7)8)29-20(4)19(3)15-24-22-11-9-10-12-27(22)32-30(24)29/h9-18H,1-8H3/q+1. The second kappa shape index (κ2) is 7.56. The number of rotatable bonds is 3.